The van der Waals surface area contributed by atoms with E-state index < -0.39 is 0 Å². The van der Waals surface area contributed by atoms with Crippen LogP contribution in [0.1, 0.15) is 0 Å². The maximum Gasteiger partial charge on any atom is 0.186 e. The normalized spacial score (nSPS) is 16.5. The molecule has 0 bridgehead atoms. The second kappa shape index (κ2) is 7.59. The van der Waals surface area contributed by atoms with Crippen LogP contribution in [-0.2, 0) is 4.79 Å². The molecule has 7 heteroatoms. The monoisotopic (exact) mass is 396 g/mol. The van der Waals surface area contributed by atoms with Gasteiger partial charge in [0.05, 0.1) is 11.4 Å². The number of carbonyl (C=O) groups excluding carboxylic acids is 1. The molecule has 0 saturated heterocycles. The molecule has 0 aromatic heterocycles. The summed E-state index contributed by atoms with van der Waals surface area (Å²) in [5, 5.41) is 10.3. The molecule has 136 valence electrons. The number of para-hydroxylation sites is 1. The number of thioether (sulfide) groups is 2. The summed E-state index contributed by atoms with van der Waals surface area (Å²) >= 11 is 2.85. The summed E-state index contributed by atoms with van der Waals surface area (Å²) in [4.78, 5) is 16.6. The summed E-state index contributed by atoms with van der Waals surface area (Å²) in [5.74, 6) is 1.42. The largest absolute Gasteiger partial charge is 0.486 e. The molecule has 2 aromatic carbocycles. The molecule has 2 aromatic rings. The topological polar surface area (TPSA) is 62.6 Å². The number of ketones is 1. The Kier molecular flexibility index (Phi) is 5.01. The minimum Gasteiger partial charge on any atom is -0.486 e. The molecule has 2 aliphatic heterocycles. The van der Waals surface area contributed by atoms with Crippen LogP contribution >= 0.6 is 23.5 Å². The number of ether oxygens (including phenoxy) is 2. The molecule has 2 heterocycles. The summed E-state index contributed by atoms with van der Waals surface area (Å²) in [5.41, 5.74) is 1.21. The Morgan fingerprint density at radius 3 is 2.78 bits per heavy atom. The number of nitriles is 1. The minimum atomic E-state index is -0.181. The number of hydrogen-bond acceptors (Lipinski definition) is 7. The molecule has 0 fully saturated rings. The average molecular weight is 396 g/mol. The Hall–Kier alpha value is -2.56. The molecule has 5 nitrogen and oxygen atoms in total. The standard InChI is InChI=1S/C20H16N2O3S2/c1-22-15-4-2-3-5-19(15)27-20(22)14(11-21)16(23)12-26-13-6-7-17-18(10-13)25-9-8-24-17/h2-7,10H,8-9,12H2,1H3. The molecule has 0 unspecified atom stereocenters. The Morgan fingerprint density at radius 1 is 1.22 bits per heavy atom. The summed E-state index contributed by atoms with van der Waals surface area (Å²) < 4.78 is 11.1. The Morgan fingerprint density at radius 2 is 2.00 bits per heavy atom. The van der Waals surface area contributed by atoms with Crippen molar-refractivity contribution in [3.63, 3.8) is 0 Å². The van der Waals surface area contributed by atoms with Crippen LogP contribution in [0.25, 0.3) is 0 Å². The van der Waals surface area contributed by atoms with Gasteiger partial charge in [-0.3, -0.25) is 4.79 Å². The minimum absolute atomic E-state index is 0.181. The highest BCUT2D eigenvalue weighted by Gasteiger charge is 2.27. The van der Waals surface area contributed by atoms with E-state index >= 15 is 0 Å². The van der Waals surface area contributed by atoms with E-state index in [0.29, 0.717) is 24.0 Å². The highest BCUT2D eigenvalue weighted by atomic mass is 32.2. The van der Waals surface area contributed by atoms with Crippen molar-refractivity contribution in [2.75, 3.05) is 30.9 Å². The Bertz CT molecular complexity index is 981. The zero-order valence-electron chi connectivity index (χ0n) is 14.6. The molecule has 0 aliphatic carbocycles. The quantitative estimate of drug-likeness (QED) is 0.438. The first-order chi connectivity index (χ1) is 13.2. The molecule has 0 N–H and O–H groups in total. The van der Waals surface area contributed by atoms with Crippen LogP contribution in [0.3, 0.4) is 0 Å². The van der Waals surface area contributed by atoms with Crippen molar-refractivity contribution in [3.05, 3.63) is 53.1 Å². The molecular weight excluding hydrogens is 380 g/mol. The van der Waals surface area contributed by atoms with Crippen LogP contribution in [-0.4, -0.2) is 31.8 Å². The average Bonchev–Trinajstić information content (AvgIpc) is 3.03. The molecule has 27 heavy (non-hydrogen) atoms. The van der Waals surface area contributed by atoms with Crippen molar-refractivity contribution in [1.29, 1.82) is 5.26 Å². The second-order valence-corrected chi connectivity index (χ2v) is 8.02. The number of Topliss-reactive ketones (excluding diaryl/α,β-unsaturated/α-hetero) is 1. The van der Waals surface area contributed by atoms with Crippen LogP contribution in [0.15, 0.2) is 62.9 Å². The van der Waals surface area contributed by atoms with E-state index in [0.717, 1.165) is 21.2 Å². The van der Waals surface area contributed by atoms with Gasteiger partial charge in [-0.2, -0.15) is 5.26 Å². The van der Waals surface area contributed by atoms with E-state index in [9.17, 15) is 10.1 Å². The first-order valence-corrected chi connectivity index (χ1v) is 10.2. The highest BCUT2D eigenvalue weighted by Crippen LogP contribution is 2.46. The smallest absolute Gasteiger partial charge is 0.186 e. The maximum atomic E-state index is 12.7. The van der Waals surface area contributed by atoms with E-state index in [-0.39, 0.29) is 17.1 Å². The number of nitrogens with zero attached hydrogens (tertiary/aromatic N) is 2. The third-order valence-corrected chi connectivity index (χ3v) is 6.46. The number of benzene rings is 2. The lowest BCUT2D eigenvalue weighted by molar-refractivity contribution is -0.112. The first kappa shape index (κ1) is 17.8. The van der Waals surface area contributed by atoms with Gasteiger partial charge in [0.2, 0.25) is 0 Å². The van der Waals surface area contributed by atoms with Crippen molar-refractivity contribution < 1.29 is 14.3 Å². The molecule has 0 atom stereocenters. The van der Waals surface area contributed by atoms with Crippen molar-refractivity contribution >= 4 is 35.0 Å². The van der Waals surface area contributed by atoms with Gasteiger partial charge in [-0.15, -0.1) is 11.8 Å². The van der Waals surface area contributed by atoms with E-state index in [1.54, 1.807) is 0 Å². The lowest BCUT2D eigenvalue weighted by atomic mass is 10.2. The van der Waals surface area contributed by atoms with Crippen molar-refractivity contribution in [3.8, 4) is 17.6 Å². The third-order valence-electron chi connectivity index (χ3n) is 4.23. The molecule has 0 amide bonds. The van der Waals surface area contributed by atoms with Gasteiger partial charge >= 0.3 is 0 Å². The van der Waals surface area contributed by atoms with Gasteiger partial charge in [0, 0.05) is 16.8 Å². The fourth-order valence-corrected chi connectivity index (χ4v) is 4.84. The van der Waals surface area contributed by atoms with Crippen molar-refractivity contribution in [2.45, 2.75) is 9.79 Å². The van der Waals surface area contributed by atoms with Crippen molar-refractivity contribution in [1.82, 2.24) is 0 Å². The van der Waals surface area contributed by atoms with E-state index in [4.69, 9.17) is 9.47 Å². The predicted octanol–water partition coefficient (Wildman–Crippen LogP) is 4.10. The van der Waals surface area contributed by atoms with E-state index in [2.05, 4.69) is 6.07 Å². The first-order valence-electron chi connectivity index (χ1n) is 8.38. The molecule has 0 radical (unpaired) electrons. The SMILES string of the molecule is CN1C(=C(C#N)C(=O)CSc2ccc3c(c2)OCCO3)Sc2ccccc21. The van der Waals surface area contributed by atoms with Gasteiger partial charge in [-0.05, 0) is 30.3 Å². The van der Waals surface area contributed by atoms with Crippen LogP contribution < -0.4 is 14.4 Å². The van der Waals surface area contributed by atoms with Gasteiger partial charge in [0.15, 0.2) is 17.3 Å². The summed E-state index contributed by atoms with van der Waals surface area (Å²) in [6, 6.07) is 15.6. The summed E-state index contributed by atoms with van der Waals surface area (Å²) in [6.07, 6.45) is 0. The fraction of sp³-hybridized carbons (Fsp3) is 0.200. The Balaban J connectivity index is 1.50. The molecule has 2 aliphatic rings. The van der Waals surface area contributed by atoms with Crippen LogP contribution in [0.5, 0.6) is 11.5 Å². The zero-order chi connectivity index (χ0) is 18.8. The van der Waals surface area contributed by atoms with Crippen LogP contribution in [0.4, 0.5) is 5.69 Å². The molecule has 0 saturated carbocycles. The predicted molar refractivity (Wildman–Crippen MR) is 107 cm³/mol. The molecule has 0 spiro atoms. The van der Waals surface area contributed by atoms with Gasteiger partial charge in [0.25, 0.3) is 0 Å². The maximum absolute atomic E-state index is 12.7. The lowest BCUT2D eigenvalue weighted by Crippen LogP contribution is -2.16. The number of anilines is 1. The Labute approximate surface area is 165 Å². The van der Waals surface area contributed by atoms with E-state index in [1.807, 2.05) is 54.4 Å². The number of hydrogen-bond donors (Lipinski definition) is 0. The fourth-order valence-electron chi connectivity index (χ4n) is 2.89. The van der Waals surface area contributed by atoms with Crippen LogP contribution in [0, 0.1) is 11.3 Å². The number of rotatable bonds is 4. The van der Waals surface area contributed by atoms with E-state index in [1.165, 1.54) is 23.5 Å². The number of carbonyl (C=O) groups is 1. The van der Waals surface area contributed by atoms with Crippen molar-refractivity contribution in [2.24, 2.45) is 0 Å². The number of allylic oxidation sites excluding steroid dienone is 1. The van der Waals surface area contributed by atoms with Gasteiger partial charge in [0.1, 0.15) is 29.9 Å². The highest BCUT2D eigenvalue weighted by molar-refractivity contribution is 8.03. The third kappa shape index (κ3) is 3.51. The molecule has 4 rings (SSSR count). The number of fused-ring (bicyclic) bond motifs is 2. The van der Waals surface area contributed by atoms with Gasteiger partial charge < -0.3 is 14.4 Å². The lowest BCUT2D eigenvalue weighted by Gasteiger charge is -2.18. The zero-order valence-corrected chi connectivity index (χ0v) is 16.2. The summed E-state index contributed by atoms with van der Waals surface area (Å²) in [6.45, 7) is 1.07. The van der Waals surface area contributed by atoms with Gasteiger partial charge in [-0.25, -0.2) is 0 Å². The van der Waals surface area contributed by atoms with Gasteiger partial charge in [-0.1, -0.05) is 23.9 Å². The van der Waals surface area contributed by atoms with Crippen LogP contribution in [0.2, 0.25) is 0 Å². The molecular formula is C20H16N2O3S2. The second-order valence-electron chi connectivity index (χ2n) is 5.94. The summed E-state index contributed by atoms with van der Waals surface area (Å²) in [7, 11) is 1.88.